The molecule has 0 atom stereocenters. The highest BCUT2D eigenvalue weighted by atomic mass is 16.2. The Balaban J connectivity index is 2.09. The summed E-state index contributed by atoms with van der Waals surface area (Å²) in [5, 5.41) is 3.04. The summed E-state index contributed by atoms with van der Waals surface area (Å²) < 4.78 is 0. The van der Waals surface area contributed by atoms with Crippen molar-refractivity contribution in [1.82, 2.24) is 10.2 Å². The molecular weight excluding hydrogens is 206 g/mol. The molecule has 0 spiro atoms. The molecule has 2 aliphatic heterocycles. The number of hydrogen-bond donors (Lipinski definition) is 2. The molecule has 0 bridgehead atoms. The molecule has 0 saturated carbocycles. The van der Waals surface area contributed by atoms with Gasteiger partial charge < -0.3 is 11.1 Å². The Morgan fingerprint density at radius 2 is 2.00 bits per heavy atom. The molecule has 1 saturated heterocycles. The maximum atomic E-state index is 12.1. The van der Waals surface area contributed by atoms with Crippen molar-refractivity contribution < 1.29 is 9.59 Å². The molecule has 0 aliphatic carbocycles. The van der Waals surface area contributed by atoms with E-state index >= 15 is 0 Å². The maximum Gasteiger partial charge on any atom is 0.263 e. The van der Waals surface area contributed by atoms with Gasteiger partial charge in [0.2, 0.25) is 0 Å². The van der Waals surface area contributed by atoms with Crippen LogP contribution in [-0.4, -0.2) is 35.8 Å². The van der Waals surface area contributed by atoms with Crippen molar-refractivity contribution in [1.29, 1.82) is 0 Å². The van der Waals surface area contributed by atoms with Gasteiger partial charge in [-0.1, -0.05) is 6.07 Å². The van der Waals surface area contributed by atoms with E-state index in [-0.39, 0.29) is 17.9 Å². The molecule has 1 aromatic rings. The fraction of sp³-hybridized carbons (Fsp3) is 0.273. The van der Waals surface area contributed by atoms with Crippen LogP contribution >= 0.6 is 0 Å². The number of nitrogens with zero attached hydrogens (tertiary/aromatic N) is 1. The third-order valence-corrected chi connectivity index (χ3v) is 3.10. The van der Waals surface area contributed by atoms with Crippen LogP contribution in [0.4, 0.5) is 5.69 Å². The maximum absolute atomic E-state index is 12.1. The number of fused-ring (bicyclic) bond motifs is 1. The molecule has 1 fully saturated rings. The Morgan fingerprint density at radius 3 is 2.56 bits per heavy atom. The number of nitrogens with two attached hydrogens (primary N) is 1. The fourth-order valence-electron chi connectivity index (χ4n) is 2.12. The molecule has 3 rings (SSSR count). The van der Waals surface area contributed by atoms with E-state index in [4.69, 9.17) is 5.73 Å². The quantitative estimate of drug-likeness (QED) is 0.506. The molecule has 2 amide bonds. The topological polar surface area (TPSA) is 75.4 Å². The molecule has 2 heterocycles. The van der Waals surface area contributed by atoms with Crippen molar-refractivity contribution in [3.8, 4) is 0 Å². The van der Waals surface area contributed by atoms with Gasteiger partial charge in [-0.2, -0.15) is 0 Å². The van der Waals surface area contributed by atoms with Gasteiger partial charge in [0.05, 0.1) is 17.2 Å². The standard InChI is InChI=1S/C11H11N3O2/c12-8-3-1-2-7-9(8)11(16)14(10(7)15)6-4-13-5-6/h1-3,6,13H,4-5,12H2. The van der Waals surface area contributed by atoms with Gasteiger partial charge in [0.25, 0.3) is 11.8 Å². The van der Waals surface area contributed by atoms with E-state index in [1.807, 2.05) is 0 Å². The Kier molecular flexibility index (Phi) is 1.79. The number of rotatable bonds is 1. The fourth-order valence-corrected chi connectivity index (χ4v) is 2.12. The number of benzene rings is 1. The van der Waals surface area contributed by atoms with Crippen LogP contribution in [0, 0.1) is 0 Å². The van der Waals surface area contributed by atoms with Crippen LogP contribution in [0.2, 0.25) is 0 Å². The van der Waals surface area contributed by atoms with Gasteiger partial charge in [0.15, 0.2) is 0 Å². The highest BCUT2D eigenvalue weighted by Gasteiger charge is 2.42. The van der Waals surface area contributed by atoms with E-state index in [9.17, 15) is 9.59 Å². The molecule has 0 radical (unpaired) electrons. The van der Waals surface area contributed by atoms with Crippen LogP contribution in [0.5, 0.6) is 0 Å². The van der Waals surface area contributed by atoms with Gasteiger partial charge in [-0.05, 0) is 12.1 Å². The second kappa shape index (κ2) is 3.05. The normalized spacial score (nSPS) is 19.9. The highest BCUT2D eigenvalue weighted by molar-refractivity contribution is 6.23. The monoisotopic (exact) mass is 217 g/mol. The van der Waals surface area contributed by atoms with Crippen molar-refractivity contribution in [2.75, 3.05) is 18.8 Å². The Hall–Kier alpha value is -1.88. The van der Waals surface area contributed by atoms with Crippen LogP contribution in [0.3, 0.4) is 0 Å². The van der Waals surface area contributed by atoms with Gasteiger partial charge >= 0.3 is 0 Å². The first-order chi connectivity index (χ1) is 7.70. The summed E-state index contributed by atoms with van der Waals surface area (Å²) in [7, 11) is 0. The lowest BCUT2D eigenvalue weighted by molar-refractivity contribution is 0.0534. The summed E-state index contributed by atoms with van der Waals surface area (Å²) in [5.41, 5.74) is 6.90. The summed E-state index contributed by atoms with van der Waals surface area (Å²) in [6, 6.07) is 4.97. The summed E-state index contributed by atoms with van der Waals surface area (Å²) in [5.74, 6) is -0.483. The number of imide groups is 1. The lowest BCUT2D eigenvalue weighted by Crippen LogP contribution is -2.58. The van der Waals surface area contributed by atoms with Crippen LogP contribution in [-0.2, 0) is 0 Å². The molecule has 5 heteroatoms. The first kappa shape index (κ1) is 9.35. The largest absolute Gasteiger partial charge is 0.398 e. The summed E-state index contributed by atoms with van der Waals surface area (Å²) >= 11 is 0. The van der Waals surface area contributed by atoms with Gasteiger partial charge in [0.1, 0.15) is 0 Å². The Bertz CT molecular complexity index is 494. The second-order valence-corrected chi connectivity index (χ2v) is 4.06. The number of amides is 2. The van der Waals surface area contributed by atoms with Gasteiger partial charge in [-0.15, -0.1) is 0 Å². The van der Waals surface area contributed by atoms with Gasteiger partial charge in [0, 0.05) is 18.8 Å². The Labute approximate surface area is 92.2 Å². The molecule has 3 N–H and O–H groups in total. The van der Waals surface area contributed by atoms with Gasteiger partial charge in [-0.3, -0.25) is 14.5 Å². The minimum atomic E-state index is -0.260. The van der Waals surface area contributed by atoms with Crippen LogP contribution in [0.25, 0.3) is 0 Å². The predicted molar refractivity (Wildman–Crippen MR) is 58.0 cm³/mol. The molecule has 0 unspecified atom stereocenters. The first-order valence-corrected chi connectivity index (χ1v) is 5.17. The van der Waals surface area contributed by atoms with Crippen LogP contribution in [0.15, 0.2) is 18.2 Å². The van der Waals surface area contributed by atoms with Crippen molar-refractivity contribution >= 4 is 17.5 Å². The molecule has 0 aromatic heterocycles. The third-order valence-electron chi connectivity index (χ3n) is 3.10. The molecular formula is C11H11N3O2. The number of carbonyl (C=O) groups is 2. The summed E-state index contributed by atoms with van der Waals surface area (Å²) in [6.45, 7) is 1.34. The minimum absolute atomic E-state index is 0.0215. The number of nitrogen functional groups attached to an aromatic ring is 1. The van der Waals surface area contributed by atoms with Crippen molar-refractivity contribution in [2.45, 2.75) is 6.04 Å². The number of hydrogen-bond acceptors (Lipinski definition) is 4. The summed E-state index contributed by atoms with van der Waals surface area (Å²) in [6.07, 6.45) is 0. The lowest BCUT2D eigenvalue weighted by atomic mass is 10.1. The van der Waals surface area contributed by atoms with Crippen molar-refractivity contribution in [2.24, 2.45) is 0 Å². The minimum Gasteiger partial charge on any atom is -0.398 e. The van der Waals surface area contributed by atoms with E-state index in [1.165, 1.54) is 4.90 Å². The number of nitrogens with one attached hydrogen (secondary N) is 1. The highest BCUT2D eigenvalue weighted by Crippen LogP contribution is 2.29. The third kappa shape index (κ3) is 1.03. The van der Waals surface area contributed by atoms with Crippen molar-refractivity contribution in [3.05, 3.63) is 29.3 Å². The molecule has 82 valence electrons. The van der Waals surface area contributed by atoms with E-state index in [0.717, 1.165) is 0 Å². The average molecular weight is 217 g/mol. The van der Waals surface area contributed by atoms with Crippen LogP contribution < -0.4 is 11.1 Å². The van der Waals surface area contributed by atoms with Gasteiger partial charge in [-0.25, -0.2) is 0 Å². The summed E-state index contributed by atoms with van der Waals surface area (Å²) in [4.78, 5) is 25.4. The number of anilines is 1. The van der Waals surface area contributed by atoms with E-state index in [2.05, 4.69) is 5.32 Å². The zero-order valence-corrected chi connectivity index (χ0v) is 8.56. The van der Waals surface area contributed by atoms with Crippen LogP contribution in [0.1, 0.15) is 20.7 Å². The lowest BCUT2D eigenvalue weighted by Gasteiger charge is -2.33. The van der Waals surface area contributed by atoms with E-state index in [0.29, 0.717) is 29.9 Å². The first-order valence-electron chi connectivity index (χ1n) is 5.17. The zero-order valence-electron chi connectivity index (χ0n) is 8.56. The second-order valence-electron chi connectivity index (χ2n) is 4.06. The predicted octanol–water partition coefficient (Wildman–Crippen LogP) is -0.163. The molecule has 5 nitrogen and oxygen atoms in total. The smallest absolute Gasteiger partial charge is 0.263 e. The molecule has 1 aromatic carbocycles. The average Bonchev–Trinajstić information content (AvgIpc) is 2.42. The van der Waals surface area contributed by atoms with E-state index < -0.39 is 0 Å². The SMILES string of the molecule is Nc1cccc2c1C(=O)N(C1CNC1)C2=O. The number of carbonyl (C=O) groups excluding carboxylic acids is 2. The zero-order chi connectivity index (χ0) is 11.3. The van der Waals surface area contributed by atoms with Crippen molar-refractivity contribution in [3.63, 3.8) is 0 Å². The molecule has 2 aliphatic rings. The molecule has 16 heavy (non-hydrogen) atoms. The Morgan fingerprint density at radius 1 is 1.25 bits per heavy atom. The van der Waals surface area contributed by atoms with E-state index in [1.54, 1.807) is 18.2 Å².